The van der Waals surface area contributed by atoms with E-state index in [-0.39, 0.29) is 6.61 Å². The molecule has 0 heterocycles. The molecule has 0 radical (unpaired) electrons. The minimum absolute atomic E-state index is 0.282. The van der Waals surface area contributed by atoms with Crippen molar-refractivity contribution in [2.75, 3.05) is 20.3 Å². The molecule has 18 heavy (non-hydrogen) atoms. The maximum Gasteiger partial charge on any atom is 0.122 e. The Morgan fingerprint density at radius 2 is 2.22 bits per heavy atom. The fraction of sp³-hybridized carbons (Fsp3) is 0.600. The zero-order valence-electron chi connectivity index (χ0n) is 11.1. The van der Waals surface area contributed by atoms with Crippen LogP contribution in [0.25, 0.3) is 0 Å². The van der Waals surface area contributed by atoms with Crippen molar-refractivity contribution < 1.29 is 9.84 Å². The van der Waals surface area contributed by atoms with Gasteiger partial charge in [-0.25, -0.2) is 0 Å². The maximum atomic E-state index is 8.72. The number of unbranched alkanes of at least 4 members (excludes halogenated alkanes) is 2. The second-order valence-corrected chi connectivity index (χ2v) is 4.84. The van der Waals surface area contributed by atoms with Gasteiger partial charge >= 0.3 is 0 Å². The molecule has 0 bridgehead atoms. The molecule has 1 aromatic carbocycles. The smallest absolute Gasteiger partial charge is 0.122 e. The monoisotopic (exact) mass is 249 g/mol. The van der Waals surface area contributed by atoms with Gasteiger partial charge in [0.05, 0.1) is 6.61 Å². The minimum Gasteiger partial charge on any atom is -0.493 e. The predicted molar refractivity (Wildman–Crippen MR) is 73.0 cm³/mol. The van der Waals surface area contributed by atoms with Crippen LogP contribution in [0.2, 0.25) is 0 Å². The molecule has 0 spiro atoms. The molecule has 1 atom stereocenters. The van der Waals surface area contributed by atoms with Gasteiger partial charge in [-0.05, 0) is 56.3 Å². The SMILES string of the molecule is CNC1CCc2c(OCCCCCO)cccc21. The Morgan fingerprint density at radius 1 is 1.33 bits per heavy atom. The van der Waals surface area contributed by atoms with E-state index in [0.29, 0.717) is 6.04 Å². The maximum absolute atomic E-state index is 8.72. The molecule has 0 saturated carbocycles. The van der Waals surface area contributed by atoms with E-state index in [1.165, 1.54) is 11.1 Å². The van der Waals surface area contributed by atoms with Crippen molar-refractivity contribution in [2.45, 2.75) is 38.1 Å². The number of fused-ring (bicyclic) bond motifs is 1. The molecule has 100 valence electrons. The van der Waals surface area contributed by atoms with Crippen molar-refractivity contribution in [1.29, 1.82) is 0 Å². The number of ether oxygens (including phenoxy) is 1. The number of rotatable bonds is 7. The van der Waals surface area contributed by atoms with Gasteiger partial charge in [-0.3, -0.25) is 0 Å². The van der Waals surface area contributed by atoms with Gasteiger partial charge in [0.2, 0.25) is 0 Å². The first-order chi connectivity index (χ1) is 8.86. The van der Waals surface area contributed by atoms with Gasteiger partial charge in [0.1, 0.15) is 5.75 Å². The van der Waals surface area contributed by atoms with Crippen LogP contribution in [0.5, 0.6) is 5.75 Å². The average molecular weight is 249 g/mol. The molecular formula is C15H23NO2. The lowest BCUT2D eigenvalue weighted by atomic mass is 10.1. The van der Waals surface area contributed by atoms with Crippen LogP contribution >= 0.6 is 0 Å². The third-order valence-electron chi connectivity index (χ3n) is 3.64. The first-order valence-corrected chi connectivity index (χ1v) is 6.89. The Kier molecular flexibility index (Phi) is 5.02. The van der Waals surface area contributed by atoms with Crippen molar-refractivity contribution >= 4 is 0 Å². The fourth-order valence-electron chi connectivity index (χ4n) is 2.63. The van der Waals surface area contributed by atoms with Gasteiger partial charge in [-0.1, -0.05) is 12.1 Å². The predicted octanol–water partition coefficient (Wildman–Crippen LogP) is 2.43. The Labute approximate surface area is 109 Å². The third kappa shape index (κ3) is 3.03. The van der Waals surface area contributed by atoms with Crippen molar-refractivity contribution in [3.05, 3.63) is 29.3 Å². The van der Waals surface area contributed by atoms with Gasteiger partial charge < -0.3 is 15.2 Å². The number of benzene rings is 1. The van der Waals surface area contributed by atoms with Crippen molar-refractivity contribution in [3.63, 3.8) is 0 Å². The Balaban J connectivity index is 1.92. The third-order valence-corrected chi connectivity index (χ3v) is 3.64. The van der Waals surface area contributed by atoms with Crippen LogP contribution in [0.15, 0.2) is 18.2 Å². The van der Waals surface area contributed by atoms with Crippen molar-refractivity contribution in [1.82, 2.24) is 5.32 Å². The first-order valence-electron chi connectivity index (χ1n) is 6.89. The molecule has 0 aliphatic heterocycles. The van der Waals surface area contributed by atoms with E-state index in [4.69, 9.17) is 9.84 Å². The zero-order valence-corrected chi connectivity index (χ0v) is 11.1. The number of aliphatic hydroxyl groups is 1. The summed E-state index contributed by atoms with van der Waals surface area (Å²) in [6.45, 7) is 1.03. The molecule has 1 unspecified atom stereocenters. The van der Waals surface area contributed by atoms with Crippen LogP contribution in [0.4, 0.5) is 0 Å². The lowest BCUT2D eigenvalue weighted by molar-refractivity contribution is 0.265. The Morgan fingerprint density at radius 3 is 3.00 bits per heavy atom. The Hall–Kier alpha value is -1.06. The van der Waals surface area contributed by atoms with Gasteiger partial charge in [-0.2, -0.15) is 0 Å². The standard InChI is InChI=1S/C15H23NO2/c1-16-14-9-8-13-12(14)6-5-7-15(13)18-11-4-2-3-10-17/h5-7,14,16-17H,2-4,8-11H2,1H3. The molecule has 2 N–H and O–H groups in total. The van der Waals surface area contributed by atoms with Crippen molar-refractivity contribution in [3.8, 4) is 5.75 Å². The quantitative estimate of drug-likeness (QED) is 0.729. The van der Waals surface area contributed by atoms with E-state index < -0.39 is 0 Å². The van der Waals surface area contributed by atoms with Gasteiger partial charge in [0.15, 0.2) is 0 Å². The molecule has 1 aliphatic carbocycles. The lowest BCUT2D eigenvalue weighted by Crippen LogP contribution is -2.12. The van der Waals surface area contributed by atoms with Gasteiger partial charge in [0.25, 0.3) is 0 Å². The lowest BCUT2D eigenvalue weighted by Gasteiger charge is -2.13. The number of hydrogen-bond donors (Lipinski definition) is 2. The topological polar surface area (TPSA) is 41.5 Å². The van der Waals surface area contributed by atoms with Crippen LogP contribution in [0.1, 0.15) is 42.9 Å². The summed E-state index contributed by atoms with van der Waals surface area (Å²) in [7, 11) is 2.02. The highest BCUT2D eigenvalue weighted by atomic mass is 16.5. The molecule has 0 aromatic heterocycles. The van der Waals surface area contributed by atoms with Crippen LogP contribution in [-0.2, 0) is 6.42 Å². The molecule has 0 fully saturated rings. The molecular weight excluding hydrogens is 226 g/mol. The van der Waals surface area contributed by atoms with E-state index in [1.807, 2.05) is 7.05 Å². The highest BCUT2D eigenvalue weighted by Crippen LogP contribution is 2.36. The first kappa shape index (κ1) is 13.4. The van der Waals surface area contributed by atoms with E-state index in [0.717, 1.165) is 44.5 Å². The average Bonchev–Trinajstić information content (AvgIpc) is 2.82. The Bertz CT molecular complexity index is 379. The molecule has 0 amide bonds. The summed E-state index contributed by atoms with van der Waals surface area (Å²) in [5, 5.41) is 12.1. The minimum atomic E-state index is 0.282. The van der Waals surface area contributed by atoms with E-state index in [2.05, 4.69) is 23.5 Å². The van der Waals surface area contributed by atoms with Crippen LogP contribution < -0.4 is 10.1 Å². The van der Waals surface area contributed by atoms with E-state index in [9.17, 15) is 0 Å². The second kappa shape index (κ2) is 6.76. The summed E-state index contributed by atoms with van der Waals surface area (Å²) >= 11 is 0. The zero-order chi connectivity index (χ0) is 12.8. The van der Waals surface area contributed by atoms with Crippen LogP contribution in [0, 0.1) is 0 Å². The number of nitrogens with one attached hydrogen (secondary N) is 1. The molecule has 0 saturated heterocycles. The highest BCUT2D eigenvalue weighted by Gasteiger charge is 2.23. The molecule has 2 rings (SSSR count). The van der Waals surface area contributed by atoms with Gasteiger partial charge in [0, 0.05) is 12.6 Å². The summed E-state index contributed by atoms with van der Waals surface area (Å²) in [5.74, 6) is 1.05. The van der Waals surface area contributed by atoms with Crippen LogP contribution in [0.3, 0.4) is 0 Å². The van der Waals surface area contributed by atoms with Crippen molar-refractivity contribution in [2.24, 2.45) is 0 Å². The van der Waals surface area contributed by atoms with Crippen LogP contribution in [-0.4, -0.2) is 25.4 Å². The highest BCUT2D eigenvalue weighted by molar-refractivity contribution is 5.45. The normalized spacial score (nSPS) is 17.8. The largest absolute Gasteiger partial charge is 0.493 e. The summed E-state index contributed by atoms with van der Waals surface area (Å²) in [6.07, 6.45) is 5.19. The fourth-order valence-corrected chi connectivity index (χ4v) is 2.63. The van der Waals surface area contributed by atoms with E-state index >= 15 is 0 Å². The molecule has 3 nitrogen and oxygen atoms in total. The van der Waals surface area contributed by atoms with Gasteiger partial charge in [-0.15, -0.1) is 0 Å². The summed E-state index contributed by atoms with van der Waals surface area (Å²) in [5.41, 5.74) is 2.77. The molecule has 3 heteroatoms. The molecule has 1 aromatic rings. The molecule has 1 aliphatic rings. The summed E-state index contributed by atoms with van der Waals surface area (Å²) in [4.78, 5) is 0. The summed E-state index contributed by atoms with van der Waals surface area (Å²) < 4.78 is 5.88. The summed E-state index contributed by atoms with van der Waals surface area (Å²) in [6, 6.07) is 6.83. The van der Waals surface area contributed by atoms with E-state index in [1.54, 1.807) is 0 Å². The number of hydrogen-bond acceptors (Lipinski definition) is 3. The second-order valence-electron chi connectivity index (χ2n) is 4.84. The number of aliphatic hydroxyl groups excluding tert-OH is 1.